The van der Waals surface area contributed by atoms with Crippen molar-refractivity contribution in [2.45, 2.75) is 26.9 Å². The first kappa shape index (κ1) is 16.6. The second kappa shape index (κ2) is 8.00. The van der Waals surface area contributed by atoms with Gasteiger partial charge in [-0.2, -0.15) is 5.26 Å². The van der Waals surface area contributed by atoms with Crippen LogP contribution in [0.15, 0.2) is 48.5 Å². The number of hydrogen-bond donors (Lipinski definition) is 0. The number of carbonyl (C=O) groups is 1. The van der Waals surface area contributed by atoms with Crippen LogP contribution < -0.4 is 4.90 Å². The van der Waals surface area contributed by atoms with E-state index in [4.69, 9.17) is 10.00 Å². The van der Waals surface area contributed by atoms with Crippen LogP contribution in [0.4, 0.5) is 10.5 Å². The highest BCUT2D eigenvalue weighted by molar-refractivity contribution is 5.87. The molecule has 1 amide bonds. The highest BCUT2D eigenvalue weighted by atomic mass is 16.6. The zero-order valence-electron chi connectivity index (χ0n) is 13.5. The Kier molecular flexibility index (Phi) is 5.76. The first-order chi connectivity index (χ1) is 11.1. The van der Waals surface area contributed by atoms with Crippen molar-refractivity contribution < 1.29 is 9.53 Å². The number of benzene rings is 2. The summed E-state index contributed by atoms with van der Waals surface area (Å²) in [7, 11) is 0. The molecule has 0 saturated heterocycles. The molecule has 0 saturated carbocycles. The van der Waals surface area contributed by atoms with Crippen LogP contribution in [0.25, 0.3) is 0 Å². The van der Waals surface area contributed by atoms with Crippen LogP contribution in [0.3, 0.4) is 0 Å². The minimum atomic E-state index is -0.436. The molecule has 0 spiro atoms. The van der Waals surface area contributed by atoms with Crippen molar-refractivity contribution in [2.24, 2.45) is 0 Å². The predicted molar refractivity (Wildman–Crippen MR) is 90.1 cm³/mol. The van der Waals surface area contributed by atoms with Crippen LogP contribution in [-0.2, 0) is 11.3 Å². The van der Waals surface area contributed by atoms with E-state index in [2.05, 4.69) is 6.07 Å². The van der Waals surface area contributed by atoms with Gasteiger partial charge in [0, 0.05) is 12.2 Å². The Morgan fingerprint density at radius 3 is 2.39 bits per heavy atom. The average Bonchev–Trinajstić information content (AvgIpc) is 2.53. The molecular weight excluding hydrogens is 288 g/mol. The number of nitrogens with zero attached hydrogens (tertiary/aromatic N) is 2. The second-order valence-electron chi connectivity index (χ2n) is 5.45. The molecule has 2 aromatic rings. The summed E-state index contributed by atoms with van der Waals surface area (Å²) in [5.41, 5.74) is 3.83. The Morgan fingerprint density at radius 2 is 1.78 bits per heavy atom. The maximum Gasteiger partial charge on any atom is 0.414 e. The lowest BCUT2D eigenvalue weighted by atomic mass is 10.1. The third-order valence-electron chi connectivity index (χ3n) is 3.39. The van der Waals surface area contributed by atoms with Crippen molar-refractivity contribution in [1.82, 2.24) is 0 Å². The van der Waals surface area contributed by atoms with Crippen molar-refractivity contribution in [3.63, 3.8) is 0 Å². The molecule has 0 radical (unpaired) electrons. The zero-order valence-corrected chi connectivity index (χ0v) is 13.5. The SMILES string of the molecule is Cc1cc(C)cc(N(CCC#N)C(=O)OCc2ccccc2)c1. The number of nitriles is 1. The molecule has 23 heavy (non-hydrogen) atoms. The molecule has 0 N–H and O–H groups in total. The molecule has 118 valence electrons. The van der Waals surface area contributed by atoms with E-state index in [0.29, 0.717) is 6.54 Å². The van der Waals surface area contributed by atoms with E-state index < -0.39 is 6.09 Å². The molecule has 2 rings (SSSR count). The van der Waals surface area contributed by atoms with Gasteiger partial charge in [0.1, 0.15) is 6.61 Å². The van der Waals surface area contributed by atoms with Gasteiger partial charge in [-0.15, -0.1) is 0 Å². The lowest BCUT2D eigenvalue weighted by Gasteiger charge is -2.22. The van der Waals surface area contributed by atoms with Gasteiger partial charge in [-0.3, -0.25) is 4.90 Å². The summed E-state index contributed by atoms with van der Waals surface area (Å²) in [5.74, 6) is 0. The Hall–Kier alpha value is -2.80. The van der Waals surface area contributed by atoms with E-state index in [1.54, 1.807) is 0 Å². The van der Waals surface area contributed by atoms with Gasteiger partial charge in [0.25, 0.3) is 0 Å². The average molecular weight is 308 g/mol. The fraction of sp³-hybridized carbons (Fsp3) is 0.263. The number of anilines is 1. The molecule has 0 atom stereocenters. The number of aryl methyl sites for hydroxylation is 2. The Labute approximate surface area is 136 Å². The minimum Gasteiger partial charge on any atom is -0.444 e. The van der Waals surface area contributed by atoms with E-state index in [1.165, 1.54) is 4.90 Å². The largest absolute Gasteiger partial charge is 0.444 e. The van der Waals surface area contributed by atoms with E-state index in [1.807, 2.05) is 62.4 Å². The molecular formula is C19H20N2O2. The molecule has 0 unspecified atom stereocenters. The summed E-state index contributed by atoms with van der Waals surface area (Å²) in [6.07, 6.45) is -0.179. The zero-order chi connectivity index (χ0) is 16.7. The first-order valence-electron chi connectivity index (χ1n) is 7.53. The van der Waals surface area contributed by atoms with E-state index in [9.17, 15) is 4.79 Å². The standard InChI is InChI=1S/C19H20N2O2/c1-15-11-16(2)13-18(12-15)21(10-6-9-20)19(22)23-14-17-7-4-3-5-8-17/h3-5,7-8,11-13H,6,10,14H2,1-2H3. The molecule has 2 aromatic carbocycles. The molecule has 0 fully saturated rings. The smallest absolute Gasteiger partial charge is 0.414 e. The summed E-state index contributed by atoms with van der Waals surface area (Å²) in [6, 6.07) is 17.5. The van der Waals surface area contributed by atoms with Crippen molar-refractivity contribution >= 4 is 11.8 Å². The van der Waals surface area contributed by atoms with Gasteiger partial charge in [-0.25, -0.2) is 4.79 Å². The van der Waals surface area contributed by atoms with Gasteiger partial charge in [-0.1, -0.05) is 36.4 Å². The number of rotatable bonds is 5. The minimum absolute atomic E-state index is 0.216. The normalized spacial score (nSPS) is 9.96. The highest BCUT2D eigenvalue weighted by Crippen LogP contribution is 2.20. The molecule has 0 aliphatic heterocycles. The summed E-state index contributed by atoms with van der Waals surface area (Å²) < 4.78 is 5.40. The summed E-state index contributed by atoms with van der Waals surface area (Å²) in [5, 5.41) is 8.83. The summed E-state index contributed by atoms with van der Waals surface area (Å²) in [6.45, 7) is 4.49. The van der Waals surface area contributed by atoms with Crippen LogP contribution in [0.5, 0.6) is 0 Å². The highest BCUT2D eigenvalue weighted by Gasteiger charge is 2.17. The third-order valence-corrected chi connectivity index (χ3v) is 3.39. The van der Waals surface area contributed by atoms with Crippen LogP contribution in [-0.4, -0.2) is 12.6 Å². The van der Waals surface area contributed by atoms with Crippen molar-refractivity contribution in [2.75, 3.05) is 11.4 Å². The van der Waals surface area contributed by atoms with E-state index >= 15 is 0 Å². The molecule has 4 nitrogen and oxygen atoms in total. The molecule has 4 heteroatoms. The fourth-order valence-corrected chi connectivity index (χ4v) is 2.39. The van der Waals surface area contributed by atoms with Gasteiger partial charge >= 0.3 is 6.09 Å². The summed E-state index contributed by atoms with van der Waals surface area (Å²) >= 11 is 0. The number of hydrogen-bond acceptors (Lipinski definition) is 3. The van der Waals surface area contributed by atoms with Gasteiger partial charge in [-0.05, 0) is 42.7 Å². The van der Waals surface area contributed by atoms with Crippen LogP contribution in [0.1, 0.15) is 23.1 Å². The van der Waals surface area contributed by atoms with Gasteiger partial charge in [0.05, 0.1) is 12.5 Å². The number of amides is 1. The Morgan fingerprint density at radius 1 is 1.13 bits per heavy atom. The fourth-order valence-electron chi connectivity index (χ4n) is 2.39. The lowest BCUT2D eigenvalue weighted by Crippen LogP contribution is -2.32. The van der Waals surface area contributed by atoms with E-state index in [0.717, 1.165) is 22.4 Å². The van der Waals surface area contributed by atoms with E-state index in [-0.39, 0.29) is 13.0 Å². The third kappa shape index (κ3) is 4.86. The van der Waals surface area contributed by atoms with Gasteiger partial charge in [0.2, 0.25) is 0 Å². The van der Waals surface area contributed by atoms with Crippen LogP contribution in [0, 0.1) is 25.2 Å². The Balaban J connectivity index is 2.13. The quantitative estimate of drug-likeness (QED) is 0.824. The maximum absolute atomic E-state index is 12.4. The van der Waals surface area contributed by atoms with Crippen molar-refractivity contribution in [3.05, 3.63) is 65.2 Å². The maximum atomic E-state index is 12.4. The van der Waals surface area contributed by atoms with Gasteiger partial charge < -0.3 is 4.74 Å². The molecule has 0 bridgehead atoms. The Bertz CT molecular complexity index is 685. The van der Waals surface area contributed by atoms with Gasteiger partial charge in [0.15, 0.2) is 0 Å². The number of ether oxygens (including phenoxy) is 1. The number of carbonyl (C=O) groups excluding carboxylic acids is 1. The van der Waals surface area contributed by atoms with Crippen LogP contribution >= 0.6 is 0 Å². The topological polar surface area (TPSA) is 53.3 Å². The molecule has 0 heterocycles. The van der Waals surface area contributed by atoms with Crippen molar-refractivity contribution in [3.8, 4) is 6.07 Å². The molecule has 0 aromatic heterocycles. The lowest BCUT2D eigenvalue weighted by molar-refractivity contribution is 0.147. The molecule has 0 aliphatic carbocycles. The first-order valence-corrected chi connectivity index (χ1v) is 7.53. The predicted octanol–water partition coefficient (Wildman–Crippen LogP) is 4.36. The second-order valence-corrected chi connectivity index (χ2v) is 5.45. The van der Waals surface area contributed by atoms with Crippen molar-refractivity contribution in [1.29, 1.82) is 5.26 Å². The molecule has 0 aliphatic rings. The monoisotopic (exact) mass is 308 g/mol. The van der Waals surface area contributed by atoms with Crippen LogP contribution in [0.2, 0.25) is 0 Å². The summed E-state index contributed by atoms with van der Waals surface area (Å²) in [4.78, 5) is 14.0.